The van der Waals surface area contributed by atoms with Crippen molar-refractivity contribution in [2.45, 2.75) is 12.4 Å². The van der Waals surface area contributed by atoms with Crippen LogP contribution < -0.4 is 4.90 Å². The van der Waals surface area contributed by atoms with Crippen molar-refractivity contribution in [3.63, 3.8) is 0 Å². The first-order valence-electron chi connectivity index (χ1n) is 5.25. The van der Waals surface area contributed by atoms with Crippen molar-refractivity contribution in [1.82, 2.24) is 19.5 Å². The van der Waals surface area contributed by atoms with Crippen LogP contribution >= 0.6 is 11.6 Å². The first-order valence-corrected chi connectivity index (χ1v) is 5.78. The fourth-order valence-corrected chi connectivity index (χ4v) is 1.61. The summed E-state index contributed by atoms with van der Waals surface area (Å²) in [6.45, 7) is 0.684. The van der Waals surface area contributed by atoms with Gasteiger partial charge in [0.25, 0.3) is 0 Å². The van der Waals surface area contributed by atoms with Crippen LogP contribution in [0.25, 0.3) is 0 Å². The van der Waals surface area contributed by atoms with Gasteiger partial charge >= 0.3 is 0 Å². The molecule has 2 aromatic heterocycles. The lowest BCUT2D eigenvalue weighted by molar-refractivity contribution is 0.752. The lowest BCUT2D eigenvalue weighted by Gasteiger charge is -2.17. The van der Waals surface area contributed by atoms with Crippen LogP contribution in [0.2, 0.25) is 0 Å². The molecule has 90 valence electrons. The average molecular weight is 252 g/mol. The third-order valence-electron chi connectivity index (χ3n) is 2.50. The number of nitrogens with zero attached hydrogens (tertiary/aromatic N) is 5. The van der Waals surface area contributed by atoms with Crippen molar-refractivity contribution < 1.29 is 0 Å². The molecule has 0 aromatic carbocycles. The van der Waals surface area contributed by atoms with Gasteiger partial charge in [-0.25, -0.2) is 9.97 Å². The number of hydrogen-bond acceptors (Lipinski definition) is 4. The minimum Gasteiger partial charge on any atom is -0.351 e. The summed E-state index contributed by atoms with van der Waals surface area (Å²) < 4.78 is 1.98. The number of anilines is 1. The SMILES string of the molecule is CN(Cc1nccn1C)c1cncc(CCl)n1. The second-order valence-electron chi connectivity index (χ2n) is 3.81. The standard InChI is InChI=1S/C11H14ClN5/c1-16-4-3-14-11(16)8-17(2)10-7-13-6-9(5-12)15-10/h3-4,6-7H,5,8H2,1-2H3. The van der Waals surface area contributed by atoms with E-state index in [1.54, 1.807) is 18.6 Å². The Kier molecular flexibility index (Phi) is 3.58. The normalized spacial score (nSPS) is 10.5. The highest BCUT2D eigenvalue weighted by molar-refractivity contribution is 6.16. The smallest absolute Gasteiger partial charge is 0.147 e. The van der Waals surface area contributed by atoms with Crippen LogP contribution in [0.4, 0.5) is 5.82 Å². The number of imidazole rings is 1. The molecule has 2 rings (SSSR count). The quantitative estimate of drug-likeness (QED) is 0.775. The molecule has 0 saturated heterocycles. The molecule has 0 N–H and O–H groups in total. The van der Waals surface area contributed by atoms with Gasteiger partial charge in [-0.15, -0.1) is 11.6 Å². The average Bonchev–Trinajstić information content (AvgIpc) is 2.75. The van der Waals surface area contributed by atoms with Crippen LogP contribution in [0.3, 0.4) is 0 Å². The van der Waals surface area contributed by atoms with E-state index in [-0.39, 0.29) is 0 Å². The zero-order chi connectivity index (χ0) is 12.3. The molecule has 0 bridgehead atoms. The predicted molar refractivity (Wildman–Crippen MR) is 66.9 cm³/mol. The summed E-state index contributed by atoms with van der Waals surface area (Å²) in [7, 11) is 3.92. The van der Waals surface area contributed by atoms with Gasteiger partial charge in [-0.1, -0.05) is 0 Å². The molecule has 0 amide bonds. The largest absolute Gasteiger partial charge is 0.351 e. The zero-order valence-corrected chi connectivity index (χ0v) is 10.6. The summed E-state index contributed by atoms with van der Waals surface area (Å²) >= 11 is 5.73. The molecule has 0 saturated carbocycles. The molecule has 6 heteroatoms. The number of halogens is 1. The maximum Gasteiger partial charge on any atom is 0.147 e. The molecule has 0 unspecified atom stereocenters. The maximum atomic E-state index is 5.73. The van der Waals surface area contributed by atoms with Gasteiger partial charge < -0.3 is 9.47 Å². The van der Waals surface area contributed by atoms with Crippen molar-refractivity contribution in [2.75, 3.05) is 11.9 Å². The molecule has 2 aromatic rings. The zero-order valence-electron chi connectivity index (χ0n) is 9.84. The highest BCUT2D eigenvalue weighted by atomic mass is 35.5. The number of aromatic nitrogens is 4. The summed E-state index contributed by atoms with van der Waals surface area (Å²) in [5.41, 5.74) is 0.774. The predicted octanol–water partition coefficient (Wildman–Crippen LogP) is 1.59. The Balaban J connectivity index is 2.14. The van der Waals surface area contributed by atoms with E-state index in [9.17, 15) is 0 Å². The molecule has 17 heavy (non-hydrogen) atoms. The van der Waals surface area contributed by atoms with Gasteiger partial charge in [0, 0.05) is 32.7 Å². The van der Waals surface area contributed by atoms with Crippen LogP contribution in [-0.2, 0) is 19.5 Å². The van der Waals surface area contributed by atoms with E-state index < -0.39 is 0 Å². The van der Waals surface area contributed by atoms with Gasteiger partial charge in [0.1, 0.15) is 11.6 Å². The Bertz CT molecular complexity index is 496. The van der Waals surface area contributed by atoms with Gasteiger partial charge in [0.2, 0.25) is 0 Å². The summed E-state index contributed by atoms with van der Waals surface area (Å²) in [5.74, 6) is 2.15. The van der Waals surface area contributed by atoms with Crippen LogP contribution in [0.1, 0.15) is 11.5 Å². The molecule has 0 fully saturated rings. The second kappa shape index (κ2) is 5.14. The highest BCUT2D eigenvalue weighted by Gasteiger charge is 2.07. The Morgan fingerprint density at radius 2 is 2.24 bits per heavy atom. The van der Waals surface area contributed by atoms with Crippen molar-refractivity contribution in [1.29, 1.82) is 0 Å². The Morgan fingerprint density at radius 3 is 2.88 bits per heavy atom. The fraction of sp³-hybridized carbons (Fsp3) is 0.364. The summed E-state index contributed by atoms with van der Waals surface area (Å²) in [4.78, 5) is 14.8. The monoisotopic (exact) mass is 251 g/mol. The molecule has 0 aliphatic heterocycles. The van der Waals surface area contributed by atoms with E-state index in [1.165, 1.54) is 0 Å². The molecule has 0 radical (unpaired) electrons. The topological polar surface area (TPSA) is 46.8 Å². The van der Waals surface area contributed by atoms with Crippen molar-refractivity contribution in [3.8, 4) is 0 Å². The van der Waals surface area contributed by atoms with Gasteiger partial charge in [0.05, 0.1) is 24.3 Å². The number of alkyl halides is 1. The van der Waals surface area contributed by atoms with E-state index in [4.69, 9.17) is 11.6 Å². The third kappa shape index (κ3) is 2.74. The van der Waals surface area contributed by atoms with Crippen molar-refractivity contribution in [3.05, 3.63) is 36.3 Å². The minimum atomic E-state index is 0.372. The molecule has 0 spiro atoms. The molecular formula is C11H14ClN5. The van der Waals surface area contributed by atoms with Crippen LogP contribution in [0.15, 0.2) is 24.8 Å². The lowest BCUT2D eigenvalue weighted by atomic mass is 10.4. The van der Waals surface area contributed by atoms with Gasteiger partial charge in [-0.2, -0.15) is 0 Å². The second-order valence-corrected chi connectivity index (χ2v) is 4.08. The van der Waals surface area contributed by atoms with Crippen molar-refractivity contribution in [2.24, 2.45) is 7.05 Å². The van der Waals surface area contributed by atoms with E-state index in [0.717, 1.165) is 17.3 Å². The first kappa shape index (κ1) is 11.9. The molecule has 2 heterocycles. The Morgan fingerprint density at radius 1 is 1.41 bits per heavy atom. The Labute approximate surface area is 105 Å². The summed E-state index contributed by atoms with van der Waals surface area (Å²) in [5, 5.41) is 0. The first-order chi connectivity index (χ1) is 8.20. The highest BCUT2D eigenvalue weighted by Crippen LogP contribution is 2.11. The molecule has 0 atom stereocenters. The summed E-state index contributed by atoms with van der Waals surface area (Å²) in [6, 6.07) is 0. The fourth-order valence-electron chi connectivity index (χ4n) is 1.49. The number of hydrogen-bond donors (Lipinski definition) is 0. The van der Waals surface area contributed by atoms with E-state index >= 15 is 0 Å². The number of aryl methyl sites for hydroxylation is 1. The minimum absolute atomic E-state index is 0.372. The molecule has 5 nitrogen and oxygen atoms in total. The van der Waals surface area contributed by atoms with E-state index in [0.29, 0.717) is 12.4 Å². The molecular weight excluding hydrogens is 238 g/mol. The molecule has 0 aliphatic carbocycles. The van der Waals surface area contributed by atoms with Crippen LogP contribution in [-0.4, -0.2) is 26.6 Å². The van der Waals surface area contributed by atoms with Crippen molar-refractivity contribution >= 4 is 17.4 Å². The Hall–Kier alpha value is -1.62. The van der Waals surface area contributed by atoms with E-state index in [1.807, 2.05) is 29.8 Å². The van der Waals surface area contributed by atoms with Gasteiger partial charge in [0.15, 0.2) is 0 Å². The van der Waals surface area contributed by atoms with Gasteiger partial charge in [-0.3, -0.25) is 4.98 Å². The third-order valence-corrected chi connectivity index (χ3v) is 2.77. The van der Waals surface area contributed by atoms with Gasteiger partial charge in [-0.05, 0) is 0 Å². The molecule has 0 aliphatic rings. The van der Waals surface area contributed by atoms with Crippen LogP contribution in [0, 0.1) is 0 Å². The van der Waals surface area contributed by atoms with Crippen LogP contribution in [0.5, 0.6) is 0 Å². The lowest BCUT2D eigenvalue weighted by Crippen LogP contribution is -2.20. The summed E-state index contributed by atoms with van der Waals surface area (Å²) in [6.07, 6.45) is 7.10. The maximum absolute atomic E-state index is 5.73. The van der Waals surface area contributed by atoms with E-state index in [2.05, 4.69) is 15.0 Å². The number of rotatable bonds is 4.